The number of nitrogens with zero attached hydrogens (tertiary/aromatic N) is 2. The second-order valence-electron chi connectivity index (χ2n) is 9.20. The molecule has 0 spiro atoms. The molecule has 2 amide bonds. The molecule has 32 heavy (non-hydrogen) atoms. The van der Waals surface area contributed by atoms with E-state index in [9.17, 15) is 4.79 Å². The summed E-state index contributed by atoms with van der Waals surface area (Å²) in [7, 11) is 0. The maximum atomic E-state index is 13.0. The summed E-state index contributed by atoms with van der Waals surface area (Å²) in [6, 6.07) is 21.8. The van der Waals surface area contributed by atoms with Crippen LogP contribution in [0.1, 0.15) is 32.0 Å². The molecule has 0 saturated heterocycles. The number of carbonyl (C=O) groups excluding carboxylic acids is 1. The number of anilines is 3. The topological polar surface area (TPSA) is 71.0 Å². The summed E-state index contributed by atoms with van der Waals surface area (Å²) in [5.74, 6) is 0.630. The molecule has 6 heteroatoms. The highest BCUT2D eigenvalue weighted by atomic mass is 16.2. The van der Waals surface area contributed by atoms with Gasteiger partial charge in [-0.15, -0.1) is 0 Å². The van der Waals surface area contributed by atoms with Gasteiger partial charge in [0.25, 0.3) is 0 Å². The van der Waals surface area contributed by atoms with Crippen LogP contribution in [0.25, 0.3) is 16.5 Å². The van der Waals surface area contributed by atoms with Gasteiger partial charge in [0.1, 0.15) is 5.82 Å². The van der Waals surface area contributed by atoms with Gasteiger partial charge in [-0.05, 0) is 35.6 Å². The summed E-state index contributed by atoms with van der Waals surface area (Å²) < 4.78 is 1.81. The van der Waals surface area contributed by atoms with E-state index in [1.807, 2.05) is 53.2 Å². The number of rotatable bonds is 3. The van der Waals surface area contributed by atoms with E-state index in [0.29, 0.717) is 5.82 Å². The van der Waals surface area contributed by atoms with Gasteiger partial charge in [-0.2, -0.15) is 5.10 Å². The fourth-order valence-corrected chi connectivity index (χ4v) is 4.05. The van der Waals surface area contributed by atoms with Crippen molar-refractivity contribution < 1.29 is 4.79 Å². The smallest absolute Gasteiger partial charge is 0.324 e. The summed E-state index contributed by atoms with van der Waals surface area (Å²) in [6.45, 7) is 7.29. The van der Waals surface area contributed by atoms with Crippen LogP contribution in [-0.4, -0.2) is 22.4 Å². The monoisotopic (exact) mass is 425 g/mol. The molecule has 3 N–H and O–H groups in total. The van der Waals surface area contributed by atoms with Gasteiger partial charge in [0.2, 0.25) is 0 Å². The van der Waals surface area contributed by atoms with Gasteiger partial charge in [0.15, 0.2) is 0 Å². The zero-order chi connectivity index (χ0) is 22.3. The van der Waals surface area contributed by atoms with Crippen LogP contribution in [-0.2, 0) is 11.8 Å². The lowest BCUT2D eigenvalue weighted by molar-refractivity contribution is 0.262. The third-order valence-corrected chi connectivity index (χ3v) is 5.81. The first-order valence-corrected chi connectivity index (χ1v) is 10.9. The van der Waals surface area contributed by atoms with Crippen LogP contribution in [0.15, 0.2) is 66.7 Å². The van der Waals surface area contributed by atoms with E-state index in [1.54, 1.807) is 0 Å². The highest BCUT2D eigenvalue weighted by molar-refractivity contribution is 6.06. The number of hydrogen-bond donors (Lipinski definition) is 3. The number of urea groups is 1. The van der Waals surface area contributed by atoms with E-state index < -0.39 is 0 Å². The Morgan fingerprint density at radius 1 is 1.00 bits per heavy atom. The van der Waals surface area contributed by atoms with Crippen LogP contribution < -0.4 is 16.0 Å². The largest absolute Gasteiger partial charge is 0.384 e. The van der Waals surface area contributed by atoms with Crippen LogP contribution in [0.2, 0.25) is 0 Å². The second-order valence-corrected chi connectivity index (χ2v) is 9.20. The van der Waals surface area contributed by atoms with E-state index in [2.05, 4.69) is 54.9 Å². The minimum atomic E-state index is -0.303. The summed E-state index contributed by atoms with van der Waals surface area (Å²) >= 11 is 0. The SMILES string of the molecule is CC(C)(C)c1cc(NC(=O)Nc2cccc3ccccc23)n(-c2ccc3c(c2)NCC3)n1. The summed E-state index contributed by atoms with van der Waals surface area (Å²) in [6.07, 6.45) is 1.03. The number of benzene rings is 3. The average molecular weight is 426 g/mol. The fraction of sp³-hybridized carbons (Fsp3) is 0.231. The molecule has 6 nitrogen and oxygen atoms in total. The molecular formula is C26H27N5O. The Morgan fingerprint density at radius 3 is 2.66 bits per heavy atom. The summed E-state index contributed by atoms with van der Waals surface area (Å²) in [5.41, 5.74) is 4.87. The summed E-state index contributed by atoms with van der Waals surface area (Å²) in [5, 5.41) is 16.3. The highest BCUT2D eigenvalue weighted by Gasteiger charge is 2.22. The lowest BCUT2D eigenvalue weighted by Gasteiger charge is -2.14. The van der Waals surface area contributed by atoms with Crippen LogP contribution in [0.5, 0.6) is 0 Å². The first-order chi connectivity index (χ1) is 15.4. The molecule has 162 valence electrons. The number of amides is 2. The lowest BCUT2D eigenvalue weighted by Crippen LogP contribution is -2.21. The molecule has 1 aliphatic heterocycles. The van der Waals surface area contributed by atoms with Gasteiger partial charge in [-0.25, -0.2) is 9.48 Å². The molecule has 1 aliphatic rings. The van der Waals surface area contributed by atoms with Crippen LogP contribution in [0.4, 0.5) is 22.0 Å². The Balaban J connectivity index is 1.47. The van der Waals surface area contributed by atoms with Gasteiger partial charge in [0.05, 0.1) is 17.1 Å². The Morgan fingerprint density at radius 2 is 1.81 bits per heavy atom. The van der Waals surface area contributed by atoms with Crippen molar-refractivity contribution in [3.63, 3.8) is 0 Å². The number of hydrogen-bond acceptors (Lipinski definition) is 3. The normalized spacial score (nSPS) is 13.0. The zero-order valence-electron chi connectivity index (χ0n) is 18.6. The van der Waals surface area contributed by atoms with Gasteiger partial charge in [-0.3, -0.25) is 5.32 Å². The molecule has 0 saturated carbocycles. The Kier molecular flexibility index (Phi) is 4.85. The molecule has 0 fully saturated rings. The molecule has 3 aromatic carbocycles. The third kappa shape index (κ3) is 3.80. The maximum Gasteiger partial charge on any atom is 0.324 e. The summed E-state index contributed by atoms with van der Waals surface area (Å²) in [4.78, 5) is 13.0. The predicted molar refractivity (Wildman–Crippen MR) is 131 cm³/mol. The number of nitrogens with one attached hydrogen (secondary N) is 3. The molecule has 0 radical (unpaired) electrons. The minimum absolute atomic E-state index is 0.150. The Hall–Kier alpha value is -3.80. The van der Waals surface area contributed by atoms with Crippen molar-refractivity contribution in [2.45, 2.75) is 32.6 Å². The molecule has 4 aromatic rings. The number of aromatic nitrogens is 2. The van der Waals surface area contributed by atoms with Crippen molar-refractivity contribution in [1.82, 2.24) is 9.78 Å². The third-order valence-electron chi connectivity index (χ3n) is 5.81. The van der Waals surface area contributed by atoms with Crippen molar-refractivity contribution in [3.05, 3.63) is 78.0 Å². The average Bonchev–Trinajstić information content (AvgIpc) is 3.40. The van der Waals surface area contributed by atoms with Gasteiger partial charge >= 0.3 is 6.03 Å². The van der Waals surface area contributed by atoms with Crippen molar-refractivity contribution in [3.8, 4) is 5.69 Å². The van der Waals surface area contributed by atoms with Gasteiger partial charge < -0.3 is 10.6 Å². The van der Waals surface area contributed by atoms with Crippen LogP contribution >= 0.6 is 0 Å². The van der Waals surface area contributed by atoms with Crippen LogP contribution in [0.3, 0.4) is 0 Å². The molecule has 0 bridgehead atoms. The molecule has 0 unspecified atom stereocenters. The highest BCUT2D eigenvalue weighted by Crippen LogP contribution is 2.30. The van der Waals surface area contributed by atoms with E-state index in [1.165, 1.54) is 5.56 Å². The van der Waals surface area contributed by atoms with Gasteiger partial charge in [-0.1, -0.05) is 63.2 Å². The first-order valence-electron chi connectivity index (χ1n) is 10.9. The van der Waals surface area contributed by atoms with Crippen molar-refractivity contribution >= 4 is 34.0 Å². The van der Waals surface area contributed by atoms with E-state index in [-0.39, 0.29) is 11.4 Å². The van der Waals surface area contributed by atoms with Crippen molar-refractivity contribution in [2.24, 2.45) is 0 Å². The number of carbonyl (C=O) groups is 1. The molecular weight excluding hydrogens is 398 g/mol. The van der Waals surface area contributed by atoms with E-state index >= 15 is 0 Å². The van der Waals surface area contributed by atoms with Crippen molar-refractivity contribution in [1.29, 1.82) is 0 Å². The van der Waals surface area contributed by atoms with Crippen LogP contribution in [0, 0.1) is 0 Å². The number of fused-ring (bicyclic) bond motifs is 2. The zero-order valence-corrected chi connectivity index (χ0v) is 18.6. The standard InChI is InChI=1S/C26H27N5O/c1-26(2,3)23-16-24(31(30-23)19-12-11-18-13-14-27-22(18)15-19)29-25(32)28-21-10-6-8-17-7-4-5-9-20(17)21/h4-12,15-16,27H,13-14H2,1-3H3,(H2,28,29,32). The molecule has 2 heterocycles. The fourth-order valence-electron chi connectivity index (χ4n) is 4.05. The minimum Gasteiger partial charge on any atom is -0.384 e. The van der Waals surface area contributed by atoms with Crippen molar-refractivity contribution in [2.75, 3.05) is 22.5 Å². The lowest BCUT2D eigenvalue weighted by atomic mass is 9.92. The van der Waals surface area contributed by atoms with E-state index in [0.717, 1.165) is 46.5 Å². The Bertz CT molecular complexity index is 1310. The first kappa shape index (κ1) is 20.1. The molecule has 1 aromatic heterocycles. The Labute approximate surface area is 187 Å². The molecule has 0 aliphatic carbocycles. The molecule has 0 atom stereocenters. The second kappa shape index (κ2) is 7.71. The maximum absolute atomic E-state index is 13.0. The van der Waals surface area contributed by atoms with E-state index in [4.69, 9.17) is 5.10 Å². The predicted octanol–water partition coefficient (Wildman–Crippen LogP) is 5.94. The van der Waals surface area contributed by atoms with Gasteiger partial charge in [0, 0.05) is 29.1 Å². The molecule has 5 rings (SSSR count). The quantitative estimate of drug-likeness (QED) is 0.381.